The Morgan fingerprint density at radius 1 is 1.10 bits per heavy atom. The van der Waals surface area contributed by atoms with E-state index in [0.29, 0.717) is 41.9 Å². The molecular formula is C21H23N3O4S2. The zero-order valence-corrected chi connectivity index (χ0v) is 18.4. The molecule has 0 unspecified atom stereocenters. The van der Waals surface area contributed by atoms with Crippen molar-refractivity contribution in [3.05, 3.63) is 57.7 Å². The summed E-state index contributed by atoms with van der Waals surface area (Å²) in [5, 5.41) is 7.01. The minimum Gasteiger partial charge on any atom is -0.493 e. The largest absolute Gasteiger partial charge is 0.493 e. The Morgan fingerprint density at radius 3 is 2.63 bits per heavy atom. The standard InChI is InChI=1S/C21H23N3O4S2/c1-24(9-10-28-18-8-4-3-7-17(18)27-2)20(26)12-15-14-30-21(22-15)23-19(25)13-16-6-5-11-29-16/h3-8,11,14H,9-10,12-13H2,1-2H3,(H,22,23,25). The molecule has 0 saturated carbocycles. The summed E-state index contributed by atoms with van der Waals surface area (Å²) in [5.74, 6) is 1.11. The normalized spacial score (nSPS) is 10.5. The molecule has 1 N–H and O–H groups in total. The highest BCUT2D eigenvalue weighted by atomic mass is 32.1. The van der Waals surface area contributed by atoms with Crippen LogP contribution in [0.25, 0.3) is 0 Å². The average Bonchev–Trinajstić information content (AvgIpc) is 3.40. The first-order chi connectivity index (χ1) is 14.5. The zero-order valence-electron chi connectivity index (χ0n) is 16.8. The van der Waals surface area contributed by atoms with Crippen molar-refractivity contribution in [1.82, 2.24) is 9.88 Å². The van der Waals surface area contributed by atoms with E-state index in [-0.39, 0.29) is 18.2 Å². The van der Waals surface area contributed by atoms with Crippen LogP contribution in [0.4, 0.5) is 5.13 Å². The highest BCUT2D eigenvalue weighted by Gasteiger charge is 2.14. The maximum atomic E-state index is 12.4. The van der Waals surface area contributed by atoms with E-state index in [1.165, 1.54) is 11.3 Å². The van der Waals surface area contributed by atoms with Gasteiger partial charge < -0.3 is 19.7 Å². The predicted molar refractivity (Wildman–Crippen MR) is 119 cm³/mol. The van der Waals surface area contributed by atoms with Crippen molar-refractivity contribution in [1.29, 1.82) is 0 Å². The summed E-state index contributed by atoms with van der Waals surface area (Å²) in [6, 6.07) is 11.2. The number of likely N-dealkylation sites (N-methyl/N-ethyl adjacent to an activating group) is 1. The molecule has 158 valence electrons. The summed E-state index contributed by atoms with van der Waals surface area (Å²) in [4.78, 5) is 31.5. The van der Waals surface area contributed by atoms with Gasteiger partial charge in [-0.3, -0.25) is 9.59 Å². The third-order valence-electron chi connectivity index (χ3n) is 4.22. The highest BCUT2D eigenvalue weighted by Crippen LogP contribution is 2.25. The number of rotatable bonds is 10. The number of nitrogens with one attached hydrogen (secondary N) is 1. The van der Waals surface area contributed by atoms with Crippen LogP contribution >= 0.6 is 22.7 Å². The van der Waals surface area contributed by atoms with E-state index in [1.807, 2.05) is 41.8 Å². The summed E-state index contributed by atoms with van der Waals surface area (Å²) >= 11 is 2.85. The predicted octanol–water partition coefficient (Wildman–Crippen LogP) is 3.47. The van der Waals surface area contributed by atoms with E-state index < -0.39 is 0 Å². The lowest BCUT2D eigenvalue weighted by molar-refractivity contribution is -0.129. The second kappa shape index (κ2) is 10.7. The van der Waals surface area contributed by atoms with Gasteiger partial charge in [-0.25, -0.2) is 4.98 Å². The van der Waals surface area contributed by atoms with Crippen LogP contribution in [0.5, 0.6) is 11.5 Å². The number of methoxy groups -OCH3 is 1. The van der Waals surface area contributed by atoms with Gasteiger partial charge in [-0.2, -0.15) is 0 Å². The van der Waals surface area contributed by atoms with Crippen molar-refractivity contribution in [2.75, 3.05) is 32.6 Å². The molecule has 0 aliphatic carbocycles. The molecule has 2 aromatic heterocycles. The average molecular weight is 446 g/mol. The third kappa shape index (κ3) is 6.30. The van der Waals surface area contributed by atoms with E-state index in [4.69, 9.17) is 9.47 Å². The Morgan fingerprint density at radius 2 is 1.90 bits per heavy atom. The van der Waals surface area contributed by atoms with E-state index in [2.05, 4.69) is 10.3 Å². The Balaban J connectivity index is 1.43. The molecule has 7 nitrogen and oxygen atoms in total. The summed E-state index contributed by atoms with van der Waals surface area (Å²) in [6.07, 6.45) is 0.489. The van der Waals surface area contributed by atoms with Crippen LogP contribution in [0.2, 0.25) is 0 Å². The molecule has 2 heterocycles. The first-order valence-corrected chi connectivity index (χ1v) is 11.1. The Bertz CT molecular complexity index is 972. The molecule has 0 aliphatic heterocycles. The van der Waals surface area contributed by atoms with Crippen molar-refractivity contribution >= 4 is 39.6 Å². The van der Waals surface area contributed by atoms with Crippen LogP contribution in [-0.2, 0) is 22.4 Å². The van der Waals surface area contributed by atoms with Crippen molar-refractivity contribution in [2.24, 2.45) is 0 Å². The second-order valence-electron chi connectivity index (χ2n) is 6.44. The van der Waals surface area contributed by atoms with Gasteiger partial charge in [0.15, 0.2) is 16.6 Å². The number of carbonyl (C=O) groups is 2. The van der Waals surface area contributed by atoms with Crippen LogP contribution < -0.4 is 14.8 Å². The number of nitrogens with zero attached hydrogens (tertiary/aromatic N) is 2. The fourth-order valence-corrected chi connectivity index (χ4v) is 4.06. The number of hydrogen-bond acceptors (Lipinski definition) is 7. The number of benzene rings is 1. The number of thiophene rings is 1. The second-order valence-corrected chi connectivity index (χ2v) is 8.33. The van der Waals surface area contributed by atoms with Crippen LogP contribution in [0.1, 0.15) is 10.6 Å². The van der Waals surface area contributed by atoms with Gasteiger partial charge in [0, 0.05) is 17.3 Å². The summed E-state index contributed by atoms with van der Waals surface area (Å²) < 4.78 is 11.0. The fourth-order valence-electron chi connectivity index (χ4n) is 2.63. The number of para-hydroxylation sites is 2. The molecule has 0 radical (unpaired) electrons. The number of amides is 2. The number of hydrogen-bond donors (Lipinski definition) is 1. The van der Waals surface area contributed by atoms with Gasteiger partial charge in [0.1, 0.15) is 6.61 Å². The number of ether oxygens (including phenoxy) is 2. The van der Waals surface area contributed by atoms with Gasteiger partial charge in [0.05, 0.1) is 32.2 Å². The maximum absolute atomic E-state index is 12.4. The highest BCUT2D eigenvalue weighted by molar-refractivity contribution is 7.14. The lowest BCUT2D eigenvalue weighted by Crippen LogP contribution is -2.32. The van der Waals surface area contributed by atoms with Gasteiger partial charge in [-0.1, -0.05) is 18.2 Å². The molecular weight excluding hydrogens is 422 g/mol. The number of carbonyl (C=O) groups excluding carboxylic acids is 2. The van der Waals surface area contributed by atoms with Gasteiger partial charge in [0.2, 0.25) is 11.8 Å². The summed E-state index contributed by atoms with van der Waals surface area (Å²) in [6.45, 7) is 0.787. The smallest absolute Gasteiger partial charge is 0.231 e. The van der Waals surface area contributed by atoms with E-state index >= 15 is 0 Å². The first-order valence-electron chi connectivity index (χ1n) is 9.31. The molecule has 30 heavy (non-hydrogen) atoms. The molecule has 0 bridgehead atoms. The fraction of sp³-hybridized carbons (Fsp3) is 0.286. The van der Waals surface area contributed by atoms with Crippen LogP contribution in [0.15, 0.2) is 47.2 Å². The van der Waals surface area contributed by atoms with Crippen LogP contribution in [0, 0.1) is 0 Å². The molecule has 9 heteroatoms. The minimum atomic E-state index is -0.115. The van der Waals surface area contributed by atoms with Gasteiger partial charge in [0.25, 0.3) is 0 Å². The van der Waals surface area contributed by atoms with E-state index in [9.17, 15) is 9.59 Å². The van der Waals surface area contributed by atoms with Crippen molar-refractivity contribution in [3.8, 4) is 11.5 Å². The van der Waals surface area contributed by atoms with E-state index in [0.717, 1.165) is 4.88 Å². The summed E-state index contributed by atoms with van der Waals surface area (Å²) in [5.41, 5.74) is 0.633. The number of thiazole rings is 1. The zero-order chi connectivity index (χ0) is 21.3. The maximum Gasteiger partial charge on any atom is 0.231 e. The SMILES string of the molecule is COc1ccccc1OCCN(C)C(=O)Cc1csc(NC(=O)Cc2cccs2)n1. The van der Waals surface area contributed by atoms with Crippen molar-refractivity contribution in [2.45, 2.75) is 12.8 Å². The number of anilines is 1. The van der Waals surface area contributed by atoms with Crippen molar-refractivity contribution < 1.29 is 19.1 Å². The third-order valence-corrected chi connectivity index (χ3v) is 5.91. The molecule has 0 spiro atoms. The summed E-state index contributed by atoms with van der Waals surface area (Å²) in [7, 11) is 3.31. The molecule has 3 rings (SSSR count). The van der Waals surface area contributed by atoms with Crippen LogP contribution in [0.3, 0.4) is 0 Å². The minimum absolute atomic E-state index is 0.0691. The van der Waals surface area contributed by atoms with Crippen molar-refractivity contribution in [3.63, 3.8) is 0 Å². The van der Waals surface area contributed by atoms with E-state index in [1.54, 1.807) is 35.8 Å². The topological polar surface area (TPSA) is 80.8 Å². The van der Waals surface area contributed by atoms with Gasteiger partial charge in [-0.15, -0.1) is 22.7 Å². The van der Waals surface area contributed by atoms with Gasteiger partial charge >= 0.3 is 0 Å². The Hall–Kier alpha value is -2.91. The lowest BCUT2D eigenvalue weighted by atomic mass is 10.3. The quantitative estimate of drug-likeness (QED) is 0.517. The molecule has 1 aromatic carbocycles. The van der Waals surface area contributed by atoms with Crippen LogP contribution in [-0.4, -0.2) is 49.0 Å². The molecule has 0 fully saturated rings. The van der Waals surface area contributed by atoms with Gasteiger partial charge in [-0.05, 0) is 23.6 Å². The molecule has 0 aliphatic rings. The first kappa shape index (κ1) is 21.8. The monoisotopic (exact) mass is 445 g/mol. The molecule has 2 amide bonds. The Labute approximate surface area is 183 Å². The lowest BCUT2D eigenvalue weighted by Gasteiger charge is -2.17. The Kier molecular flexibility index (Phi) is 7.81. The molecule has 0 atom stereocenters. The molecule has 0 saturated heterocycles. The number of aromatic nitrogens is 1. The molecule has 3 aromatic rings.